The van der Waals surface area contributed by atoms with E-state index >= 15 is 0 Å². The van der Waals surface area contributed by atoms with Crippen LogP contribution in [0.3, 0.4) is 0 Å². The van der Waals surface area contributed by atoms with Crippen molar-refractivity contribution < 1.29 is 13.9 Å². The highest BCUT2D eigenvalue weighted by Gasteiger charge is 2.04. The van der Waals surface area contributed by atoms with Crippen LogP contribution in [0, 0.1) is 5.82 Å². The van der Waals surface area contributed by atoms with Crippen LogP contribution in [-0.2, 0) is 11.2 Å². The number of aromatic nitrogens is 2. The number of hydrogen-bond donors (Lipinski definition) is 2. The molecule has 2 aromatic carbocycles. The predicted molar refractivity (Wildman–Crippen MR) is 93.9 cm³/mol. The first-order valence-electron chi connectivity index (χ1n) is 8.29. The van der Waals surface area contributed by atoms with Crippen LogP contribution in [0.15, 0.2) is 48.5 Å². The summed E-state index contributed by atoms with van der Waals surface area (Å²) in [5.41, 5.74) is 1.99. The van der Waals surface area contributed by atoms with E-state index in [2.05, 4.69) is 15.3 Å². The number of imidazole rings is 1. The number of benzene rings is 2. The van der Waals surface area contributed by atoms with Crippen molar-refractivity contribution in [3.05, 3.63) is 60.2 Å². The Morgan fingerprint density at radius 2 is 1.96 bits per heavy atom. The van der Waals surface area contributed by atoms with Gasteiger partial charge in [-0.1, -0.05) is 12.1 Å². The molecule has 1 amide bonds. The van der Waals surface area contributed by atoms with E-state index in [1.54, 1.807) is 12.1 Å². The number of nitrogens with one attached hydrogen (secondary N) is 2. The van der Waals surface area contributed by atoms with Gasteiger partial charge in [-0.3, -0.25) is 4.79 Å². The van der Waals surface area contributed by atoms with Crippen LogP contribution >= 0.6 is 0 Å². The number of aryl methyl sites for hydroxylation is 1. The van der Waals surface area contributed by atoms with E-state index in [0.29, 0.717) is 12.3 Å². The minimum Gasteiger partial charge on any atom is -0.493 e. The highest BCUT2D eigenvalue weighted by Crippen LogP contribution is 2.12. The fourth-order valence-electron chi connectivity index (χ4n) is 2.49. The van der Waals surface area contributed by atoms with Gasteiger partial charge >= 0.3 is 0 Å². The minimum atomic E-state index is -0.311. The van der Waals surface area contributed by atoms with Crippen molar-refractivity contribution in [1.29, 1.82) is 0 Å². The maximum atomic E-state index is 12.8. The lowest BCUT2D eigenvalue weighted by atomic mass is 10.3. The van der Waals surface area contributed by atoms with E-state index < -0.39 is 0 Å². The lowest BCUT2D eigenvalue weighted by Gasteiger charge is -2.07. The normalized spacial score (nSPS) is 10.8. The zero-order chi connectivity index (χ0) is 17.5. The number of carbonyl (C=O) groups is 1. The molecular formula is C19H20FN3O2. The number of nitrogens with zero attached hydrogens (tertiary/aromatic N) is 1. The Labute approximate surface area is 145 Å². The van der Waals surface area contributed by atoms with Crippen LogP contribution in [0.1, 0.15) is 18.7 Å². The third-order valence-electron chi connectivity index (χ3n) is 3.76. The average molecular weight is 341 g/mol. The molecule has 0 unspecified atom stereocenters. The summed E-state index contributed by atoms with van der Waals surface area (Å²) in [5, 5.41) is 2.86. The maximum Gasteiger partial charge on any atom is 0.223 e. The first kappa shape index (κ1) is 17.0. The molecule has 6 heteroatoms. The number of rotatable bonds is 8. The van der Waals surface area contributed by atoms with E-state index in [1.807, 2.05) is 24.3 Å². The molecule has 3 rings (SSSR count). The molecule has 0 radical (unpaired) electrons. The topological polar surface area (TPSA) is 67.0 Å². The van der Waals surface area contributed by atoms with Crippen molar-refractivity contribution in [3.8, 4) is 5.75 Å². The van der Waals surface area contributed by atoms with E-state index in [1.165, 1.54) is 12.1 Å². The van der Waals surface area contributed by atoms with Gasteiger partial charge in [-0.05, 0) is 42.8 Å². The second-order valence-electron chi connectivity index (χ2n) is 5.71. The summed E-state index contributed by atoms with van der Waals surface area (Å²) in [5.74, 6) is 1.11. The Morgan fingerprint density at radius 1 is 1.16 bits per heavy atom. The van der Waals surface area contributed by atoms with Crippen LogP contribution in [-0.4, -0.2) is 29.0 Å². The van der Waals surface area contributed by atoms with Gasteiger partial charge in [0.25, 0.3) is 0 Å². The molecule has 0 bridgehead atoms. The van der Waals surface area contributed by atoms with Gasteiger partial charge in [0.1, 0.15) is 17.4 Å². The molecule has 0 atom stereocenters. The molecule has 0 saturated carbocycles. The molecule has 0 aliphatic carbocycles. The maximum absolute atomic E-state index is 12.8. The molecule has 0 spiro atoms. The fourth-order valence-corrected chi connectivity index (χ4v) is 2.49. The van der Waals surface area contributed by atoms with Gasteiger partial charge in [0.15, 0.2) is 0 Å². The minimum absolute atomic E-state index is 0.0632. The number of carbonyl (C=O) groups excluding carboxylic acids is 1. The summed E-state index contributed by atoms with van der Waals surface area (Å²) >= 11 is 0. The van der Waals surface area contributed by atoms with Crippen molar-refractivity contribution in [2.45, 2.75) is 19.3 Å². The third-order valence-corrected chi connectivity index (χ3v) is 3.76. The van der Waals surface area contributed by atoms with E-state index in [-0.39, 0.29) is 24.8 Å². The number of halogens is 1. The molecule has 1 heterocycles. The highest BCUT2D eigenvalue weighted by atomic mass is 19.1. The van der Waals surface area contributed by atoms with Crippen molar-refractivity contribution in [3.63, 3.8) is 0 Å². The second-order valence-corrected chi connectivity index (χ2v) is 5.71. The molecule has 0 saturated heterocycles. The molecule has 1 aromatic heterocycles. The van der Waals surface area contributed by atoms with Crippen molar-refractivity contribution in [2.75, 3.05) is 13.2 Å². The Balaban J connectivity index is 1.31. The summed E-state index contributed by atoms with van der Waals surface area (Å²) in [6.07, 6.45) is 1.85. The first-order chi connectivity index (χ1) is 12.2. The molecule has 3 aromatic rings. The zero-order valence-electron chi connectivity index (χ0n) is 13.8. The Hall–Kier alpha value is -2.89. The van der Waals surface area contributed by atoms with E-state index in [4.69, 9.17) is 4.74 Å². The Kier molecular flexibility index (Phi) is 5.61. The molecule has 2 N–H and O–H groups in total. The van der Waals surface area contributed by atoms with Crippen molar-refractivity contribution in [1.82, 2.24) is 15.3 Å². The van der Waals surface area contributed by atoms with E-state index in [0.717, 1.165) is 29.7 Å². The summed E-state index contributed by atoms with van der Waals surface area (Å²) in [6, 6.07) is 13.6. The first-order valence-corrected chi connectivity index (χ1v) is 8.29. The monoisotopic (exact) mass is 341 g/mol. The predicted octanol–water partition coefficient (Wildman–Crippen LogP) is 3.22. The van der Waals surface area contributed by atoms with Gasteiger partial charge in [0.2, 0.25) is 5.91 Å². The Bertz CT molecular complexity index is 797. The van der Waals surface area contributed by atoms with Gasteiger partial charge < -0.3 is 15.0 Å². The van der Waals surface area contributed by atoms with Crippen molar-refractivity contribution >= 4 is 16.9 Å². The van der Waals surface area contributed by atoms with Crippen LogP contribution in [0.5, 0.6) is 5.75 Å². The molecule has 5 nitrogen and oxygen atoms in total. The third kappa shape index (κ3) is 5.04. The number of ether oxygens (including phenoxy) is 1. The SMILES string of the molecule is O=C(CCOc1ccc(F)cc1)NCCCc1nc2ccccc2[nH]1. The Morgan fingerprint density at radius 3 is 2.76 bits per heavy atom. The van der Waals surface area contributed by atoms with Crippen LogP contribution in [0.4, 0.5) is 4.39 Å². The molecule has 130 valence electrons. The number of para-hydroxylation sites is 2. The van der Waals surface area contributed by atoms with Gasteiger partial charge in [-0.25, -0.2) is 9.37 Å². The van der Waals surface area contributed by atoms with Gasteiger partial charge in [0.05, 0.1) is 24.1 Å². The number of fused-ring (bicyclic) bond motifs is 1. The van der Waals surface area contributed by atoms with Crippen LogP contribution in [0.25, 0.3) is 11.0 Å². The summed E-state index contributed by atoms with van der Waals surface area (Å²) in [4.78, 5) is 19.5. The fraction of sp³-hybridized carbons (Fsp3) is 0.263. The van der Waals surface area contributed by atoms with Crippen LogP contribution < -0.4 is 10.1 Å². The summed E-state index contributed by atoms with van der Waals surface area (Å²) < 4.78 is 18.2. The number of amides is 1. The molecular weight excluding hydrogens is 321 g/mol. The average Bonchev–Trinajstić information content (AvgIpc) is 3.03. The zero-order valence-corrected chi connectivity index (χ0v) is 13.8. The largest absolute Gasteiger partial charge is 0.493 e. The summed E-state index contributed by atoms with van der Waals surface area (Å²) in [7, 11) is 0. The number of aromatic amines is 1. The smallest absolute Gasteiger partial charge is 0.223 e. The summed E-state index contributed by atoms with van der Waals surface area (Å²) in [6.45, 7) is 0.855. The molecule has 0 fully saturated rings. The quantitative estimate of drug-likeness (QED) is 0.618. The lowest BCUT2D eigenvalue weighted by Crippen LogP contribution is -2.26. The van der Waals surface area contributed by atoms with Gasteiger partial charge in [-0.2, -0.15) is 0 Å². The molecule has 0 aliphatic rings. The standard InChI is InChI=1S/C19H20FN3O2/c20-14-7-9-15(10-8-14)25-13-11-19(24)21-12-3-6-18-22-16-4-1-2-5-17(16)23-18/h1-2,4-5,7-10H,3,6,11-13H2,(H,21,24)(H,22,23). The van der Waals surface area contributed by atoms with Crippen LogP contribution in [0.2, 0.25) is 0 Å². The molecule has 0 aliphatic heterocycles. The second kappa shape index (κ2) is 8.28. The van der Waals surface area contributed by atoms with Gasteiger partial charge in [-0.15, -0.1) is 0 Å². The van der Waals surface area contributed by atoms with Crippen molar-refractivity contribution in [2.24, 2.45) is 0 Å². The van der Waals surface area contributed by atoms with Gasteiger partial charge in [0, 0.05) is 13.0 Å². The number of hydrogen-bond acceptors (Lipinski definition) is 3. The number of H-pyrrole nitrogens is 1. The molecule has 25 heavy (non-hydrogen) atoms. The van der Waals surface area contributed by atoms with E-state index in [9.17, 15) is 9.18 Å². The highest BCUT2D eigenvalue weighted by molar-refractivity contribution is 5.76. The lowest BCUT2D eigenvalue weighted by molar-refractivity contribution is -0.121.